The molecule has 1 aliphatic heterocycles. The molecule has 4 heteroatoms. The van der Waals surface area contributed by atoms with E-state index >= 15 is 0 Å². The summed E-state index contributed by atoms with van der Waals surface area (Å²) in [6.45, 7) is 5.04. The van der Waals surface area contributed by atoms with Crippen molar-refractivity contribution in [2.75, 3.05) is 27.2 Å². The summed E-state index contributed by atoms with van der Waals surface area (Å²) in [5.74, 6) is 2.63. The Morgan fingerprint density at radius 1 is 1.40 bits per heavy atom. The fourth-order valence-electron chi connectivity index (χ4n) is 3.51. The van der Waals surface area contributed by atoms with Crippen molar-refractivity contribution in [2.45, 2.75) is 32.7 Å². The number of furan rings is 1. The second-order valence-corrected chi connectivity index (χ2v) is 6.64. The molecular weight excluding hydrogens is 252 g/mol. The number of carbonyl (C=O) groups is 1. The van der Waals surface area contributed by atoms with Gasteiger partial charge in [-0.1, -0.05) is 0 Å². The molecule has 2 aliphatic rings. The molecule has 1 spiro atoms. The zero-order valence-corrected chi connectivity index (χ0v) is 12.7. The maximum absolute atomic E-state index is 12.1. The molecule has 2 heterocycles. The van der Waals surface area contributed by atoms with Gasteiger partial charge in [0.05, 0.1) is 6.54 Å². The van der Waals surface area contributed by atoms with Gasteiger partial charge in [0.1, 0.15) is 11.5 Å². The van der Waals surface area contributed by atoms with E-state index in [1.165, 1.54) is 0 Å². The summed E-state index contributed by atoms with van der Waals surface area (Å²) in [6, 6.07) is 4.09. The molecule has 1 atom stereocenters. The van der Waals surface area contributed by atoms with Crippen molar-refractivity contribution in [3.8, 4) is 0 Å². The Labute approximate surface area is 120 Å². The average Bonchev–Trinajstić information content (AvgIpc) is 2.96. The van der Waals surface area contributed by atoms with Gasteiger partial charge in [0.2, 0.25) is 5.91 Å². The quantitative estimate of drug-likeness (QED) is 0.850. The fourth-order valence-corrected chi connectivity index (χ4v) is 3.51. The van der Waals surface area contributed by atoms with E-state index in [1.54, 1.807) is 4.90 Å². The summed E-state index contributed by atoms with van der Waals surface area (Å²) in [5.41, 5.74) is 0.316. The molecule has 1 saturated carbocycles. The van der Waals surface area contributed by atoms with Crippen molar-refractivity contribution in [2.24, 2.45) is 11.3 Å². The molecule has 2 fully saturated rings. The lowest BCUT2D eigenvalue weighted by molar-refractivity contribution is -0.131. The van der Waals surface area contributed by atoms with Crippen LogP contribution in [0.3, 0.4) is 0 Å². The van der Waals surface area contributed by atoms with Crippen molar-refractivity contribution in [3.63, 3.8) is 0 Å². The normalized spacial score (nSPS) is 24.9. The van der Waals surface area contributed by atoms with E-state index < -0.39 is 0 Å². The van der Waals surface area contributed by atoms with E-state index in [1.807, 2.05) is 27.1 Å². The van der Waals surface area contributed by atoms with E-state index in [4.69, 9.17) is 4.42 Å². The maximum Gasteiger partial charge on any atom is 0.225 e. The maximum atomic E-state index is 12.1. The third-order valence-corrected chi connectivity index (χ3v) is 4.96. The smallest absolute Gasteiger partial charge is 0.225 e. The standard InChI is InChI=1S/C16H24N2O2/c1-12-4-5-13(20-12)11-18-8-6-16(7-9-18)10-14(16)15(19)17(2)3/h4-5,14H,6-11H2,1-3H3/t14-/m1/s1. The van der Waals surface area contributed by atoms with Crippen LogP contribution in [-0.4, -0.2) is 42.9 Å². The number of rotatable bonds is 3. The Balaban J connectivity index is 1.52. The van der Waals surface area contributed by atoms with Crippen LogP contribution in [0.2, 0.25) is 0 Å². The van der Waals surface area contributed by atoms with Crippen LogP contribution in [0.1, 0.15) is 30.8 Å². The van der Waals surface area contributed by atoms with Crippen LogP contribution in [0.15, 0.2) is 16.5 Å². The number of hydrogen-bond donors (Lipinski definition) is 0. The molecule has 0 bridgehead atoms. The van der Waals surface area contributed by atoms with Crippen LogP contribution in [0.4, 0.5) is 0 Å². The van der Waals surface area contributed by atoms with Gasteiger partial charge in [-0.05, 0) is 56.8 Å². The zero-order chi connectivity index (χ0) is 14.3. The minimum absolute atomic E-state index is 0.283. The molecule has 4 nitrogen and oxygen atoms in total. The summed E-state index contributed by atoms with van der Waals surface area (Å²) in [7, 11) is 3.73. The molecule has 0 aromatic carbocycles. The number of likely N-dealkylation sites (tertiary alicyclic amines) is 1. The van der Waals surface area contributed by atoms with Crippen molar-refractivity contribution < 1.29 is 9.21 Å². The van der Waals surface area contributed by atoms with Crippen molar-refractivity contribution in [3.05, 3.63) is 23.7 Å². The number of aryl methyl sites for hydroxylation is 1. The van der Waals surface area contributed by atoms with E-state index in [9.17, 15) is 4.79 Å². The second-order valence-electron chi connectivity index (χ2n) is 6.64. The molecule has 0 radical (unpaired) electrons. The first-order valence-electron chi connectivity index (χ1n) is 7.49. The summed E-state index contributed by atoms with van der Waals surface area (Å²) >= 11 is 0. The van der Waals surface area contributed by atoms with Crippen LogP contribution in [0.25, 0.3) is 0 Å². The van der Waals surface area contributed by atoms with Gasteiger partial charge in [-0.15, -0.1) is 0 Å². The number of piperidine rings is 1. The molecule has 0 N–H and O–H groups in total. The molecule has 0 unspecified atom stereocenters. The average molecular weight is 276 g/mol. The highest BCUT2D eigenvalue weighted by Gasteiger charge is 2.58. The highest BCUT2D eigenvalue weighted by atomic mass is 16.3. The lowest BCUT2D eigenvalue weighted by Crippen LogP contribution is -2.36. The van der Waals surface area contributed by atoms with Gasteiger partial charge in [0, 0.05) is 20.0 Å². The van der Waals surface area contributed by atoms with Crippen LogP contribution in [-0.2, 0) is 11.3 Å². The van der Waals surface area contributed by atoms with Gasteiger partial charge >= 0.3 is 0 Å². The number of nitrogens with zero attached hydrogens (tertiary/aromatic N) is 2. The predicted octanol–water partition coefficient (Wildman–Crippen LogP) is 2.28. The SMILES string of the molecule is Cc1ccc(CN2CCC3(CC2)C[C@@H]3C(=O)N(C)C)o1. The van der Waals surface area contributed by atoms with Crippen molar-refractivity contribution in [1.29, 1.82) is 0 Å². The monoisotopic (exact) mass is 276 g/mol. The topological polar surface area (TPSA) is 36.7 Å². The van der Waals surface area contributed by atoms with E-state index in [0.29, 0.717) is 11.3 Å². The Kier molecular flexibility index (Phi) is 3.36. The predicted molar refractivity (Wildman–Crippen MR) is 77.2 cm³/mol. The fraction of sp³-hybridized carbons (Fsp3) is 0.688. The number of amides is 1. The molecule has 110 valence electrons. The Morgan fingerprint density at radius 3 is 2.65 bits per heavy atom. The summed E-state index contributed by atoms with van der Waals surface area (Å²) < 4.78 is 5.64. The lowest BCUT2D eigenvalue weighted by Gasteiger charge is -2.32. The van der Waals surface area contributed by atoms with Gasteiger partial charge in [0.25, 0.3) is 0 Å². The zero-order valence-electron chi connectivity index (χ0n) is 12.7. The summed E-state index contributed by atoms with van der Waals surface area (Å²) in [4.78, 5) is 16.2. The van der Waals surface area contributed by atoms with E-state index in [2.05, 4.69) is 11.0 Å². The molecule has 1 amide bonds. The Hall–Kier alpha value is -1.29. The van der Waals surface area contributed by atoms with Gasteiger partial charge in [-0.25, -0.2) is 0 Å². The first-order chi connectivity index (χ1) is 9.50. The van der Waals surface area contributed by atoms with Crippen LogP contribution >= 0.6 is 0 Å². The van der Waals surface area contributed by atoms with Crippen LogP contribution in [0.5, 0.6) is 0 Å². The number of carbonyl (C=O) groups excluding carboxylic acids is 1. The molecule has 3 rings (SSSR count). The largest absolute Gasteiger partial charge is 0.465 e. The molecule has 1 aliphatic carbocycles. The van der Waals surface area contributed by atoms with E-state index in [0.717, 1.165) is 50.4 Å². The Bertz CT molecular complexity index is 498. The van der Waals surface area contributed by atoms with Gasteiger partial charge < -0.3 is 9.32 Å². The first kappa shape index (κ1) is 13.7. The molecule has 1 aromatic rings. The minimum atomic E-state index is 0.283. The van der Waals surface area contributed by atoms with E-state index in [-0.39, 0.29) is 5.92 Å². The van der Waals surface area contributed by atoms with Crippen molar-refractivity contribution in [1.82, 2.24) is 9.80 Å². The van der Waals surface area contributed by atoms with Gasteiger partial charge in [-0.3, -0.25) is 9.69 Å². The molecular formula is C16H24N2O2. The highest BCUT2D eigenvalue weighted by Crippen LogP contribution is 2.59. The minimum Gasteiger partial charge on any atom is -0.465 e. The number of hydrogen-bond acceptors (Lipinski definition) is 3. The van der Waals surface area contributed by atoms with Gasteiger partial charge in [-0.2, -0.15) is 0 Å². The van der Waals surface area contributed by atoms with Gasteiger partial charge in [0.15, 0.2) is 0 Å². The molecule has 1 saturated heterocycles. The third kappa shape index (κ3) is 2.49. The van der Waals surface area contributed by atoms with Crippen molar-refractivity contribution >= 4 is 5.91 Å². The molecule has 20 heavy (non-hydrogen) atoms. The highest BCUT2D eigenvalue weighted by molar-refractivity contribution is 5.82. The summed E-state index contributed by atoms with van der Waals surface area (Å²) in [5, 5.41) is 0. The second kappa shape index (κ2) is 4.92. The van der Waals surface area contributed by atoms with Crippen LogP contribution < -0.4 is 0 Å². The van der Waals surface area contributed by atoms with Crippen LogP contribution in [0, 0.1) is 18.3 Å². The lowest BCUT2D eigenvalue weighted by atomic mass is 9.90. The first-order valence-corrected chi connectivity index (χ1v) is 7.49. The third-order valence-electron chi connectivity index (χ3n) is 4.96. The Morgan fingerprint density at radius 2 is 2.10 bits per heavy atom. The summed E-state index contributed by atoms with van der Waals surface area (Å²) in [6.07, 6.45) is 3.39. The molecule has 1 aromatic heterocycles.